The van der Waals surface area contributed by atoms with Crippen LogP contribution >= 0.6 is 15.9 Å². The summed E-state index contributed by atoms with van der Waals surface area (Å²) >= 11 is 3.52. The minimum absolute atomic E-state index is 0.211. The number of amides is 1. The van der Waals surface area contributed by atoms with Crippen LogP contribution in [-0.2, 0) is 9.47 Å². The first-order valence-corrected chi connectivity index (χ1v) is 6.58. The van der Waals surface area contributed by atoms with Crippen LogP contribution in [0.1, 0.15) is 22.0 Å². The third-order valence-electron chi connectivity index (χ3n) is 3.14. The molecule has 0 saturated heterocycles. The van der Waals surface area contributed by atoms with Gasteiger partial charge in [0.05, 0.1) is 18.0 Å². The molecule has 1 heterocycles. The van der Waals surface area contributed by atoms with Gasteiger partial charge in [-0.25, -0.2) is 4.79 Å². The number of carbonyl (C=O) groups excluding carboxylic acids is 1. The van der Waals surface area contributed by atoms with Crippen LogP contribution in [0.2, 0.25) is 0 Å². The summed E-state index contributed by atoms with van der Waals surface area (Å²) in [5.74, 6) is 0. The molecule has 0 saturated carbocycles. The molecule has 5 nitrogen and oxygen atoms in total. The van der Waals surface area contributed by atoms with E-state index in [4.69, 9.17) is 9.47 Å². The molecule has 0 aliphatic carbocycles. The number of fused-ring (bicyclic) bond motifs is 1. The van der Waals surface area contributed by atoms with Crippen LogP contribution in [0, 0.1) is 11.3 Å². The zero-order valence-electron chi connectivity index (χ0n) is 10.5. The lowest BCUT2D eigenvalue weighted by Crippen LogP contribution is -2.48. The fraction of sp³-hybridized carbons (Fsp3) is 0.385. The van der Waals surface area contributed by atoms with Gasteiger partial charge in [-0.3, -0.25) is 4.90 Å². The van der Waals surface area contributed by atoms with Crippen LogP contribution in [0.3, 0.4) is 0 Å². The lowest BCUT2D eigenvalue weighted by Gasteiger charge is -2.40. The maximum atomic E-state index is 11.9. The SMILES string of the molecule is COC(=O)N1[C@@H](C#N)c2ccccc2[C@@H](Br)[C@@H]1OC. The number of methoxy groups -OCH3 is 2. The van der Waals surface area contributed by atoms with E-state index < -0.39 is 18.4 Å². The first-order chi connectivity index (χ1) is 9.15. The molecule has 0 N–H and O–H groups in total. The fourth-order valence-electron chi connectivity index (χ4n) is 2.28. The van der Waals surface area contributed by atoms with E-state index in [2.05, 4.69) is 22.0 Å². The molecule has 6 heteroatoms. The van der Waals surface area contributed by atoms with Gasteiger partial charge in [0.25, 0.3) is 0 Å². The van der Waals surface area contributed by atoms with Gasteiger partial charge in [-0.2, -0.15) is 5.26 Å². The second kappa shape index (κ2) is 5.59. The van der Waals surface area contributed by atoms with E-state index in [9.17, 15) is 10.1 Å². The second-order valence-electron chi connectivity index (χ2n) is 4.07. The summed E-state index contributed by atoms with van der Waals surface area (Å²) < 4.78 is 10.1. The Morgan fingerprint density at radius 3 is 2.53 bits per heavy atom. The van der Waals surface area contributed by atoms with Crippen molar-refractivity contribution in [3.8, 4) is 6.07 Å². The van der Waals surface area contributed by atoms with Crippen molar-refractivity contribution < 1.29 is 14.3 Å². The summed E-state index contributed by atoms with van der Waals surface area (Å²) in [4.78, 5) is 13.0. The molecule has 2 rings (SSSR count). The molecule has 0 aromatic heterocycles. The van der Waals surface area contributed by atoms with Crippen LogP contribution in [-0.4, -0.2) is 31.4 Å². The van der Waals surface area contributed by atoms with E-state index in [0.717, 1.165) is 11.1 Å². The number of hydrogen-bond donors (Lipinski definition) is 0. The quantitative estimate of drug-likeness (QED) is 0.745. The average Bonchev–Trinajstić information content (AvgIpc) is 2.46. The van der Waals surface area contributed by atoms with Crippen molar-refractivity contribution in [3.05, 3.63) is 35.4 Å². The smallest absolute Gasteiger partial charge is 0.412 e. The first kappa shape index (κ1) is 13.8. The number of carbonyl (C=O) groups is 1. The number of benzene rings is 1. The molecule has 1 aromatic rings. The summed E-state index contributed by atoms with van der Waals surface area (Å²) in [7, 11) is 2.78. The van der Waals surface area contributed by atoms with Gasteiger partial charge in [0.15, 0.2) is 12.3 Å². The standard InChI is InChI=1S/C13H13BrN2O3/c1-18-12-11(14)9-6-4-3-5-8(9)10(7-15)16(12)13(17)19-2/h3-6,10-12H,1-2H3/t10-,11+,12-/m0/s1. The molecule has 100 valence electrons. The molecule has 19 heavy (non-hydrogen) atoms. The van der Waals surface area contributed by atoms with Gasteiger partial charge in [-0.15, -0.1) is 0 Å². The van der Waals surface area contributed by atoms with Gasteiger partial charge in [-0.1, -0.05) is 40.2 Å². The van der Waals surface area contributed by atoms with Crippen LogP contribution in [0.5, 0.6) is 0 Å². The summed E-state index contributed by atoms with van der Waals surface area (Å²) in [6.45, 7) is 0. The molecule has 1 amide bonds. The Kier molecular flexibility index (Phi) is 4.08. The molecule has 0 fully saturated rings. The van der Waals surface area contributed by atoms with Crippen LogP contribution in [0.25, 0.3) is 0 Å². The number of rotatable bonds is 1. The lowest BCUT2D eigenvalue weighted by atomic mass is 9.92. The Bertz CT molecular complexity index is 529. The lowest BCUT2D eigenvalue weighted by molar-refractivity contribution is -0.0435. The summed E-state index contributed by atoms with van der Waals surface area (Å²) in [5.41, 5.74) is 1.73. The number of nitrogens with zero attached hydrogens (tertiary/aromatic N) is 2. The van der Waals surface area contributed by atoms with E-state index in [1.54, 1.807) is 0 Å². The van der Waals surface area contributed by atoms with E-state index >= 15 is 0 Å². The van der Waals surface area contributed by atoms with Crippen LogP contribution < -0.4 is 0 Å². The largest absolute Gasteiger partial charge is 0.453 e. The van der Waals surface area contributed by atoms with Gasteiger partial charge >= 0.3 is 6.09 Å². The number of alkyl halides is 1. The highest BCUT2D eigenvalue weighted by Gasteiger charge is 2.43. The second-order valence-corrected chi connectivity index (χ2v) is 5.05. The topological polar surface area (TPSA) is 62.6 Å². The van der Waals surface area contributed by atoms with E-state index in [1.165, 1.54) is 19.1 Å². The third kappa shape index (κ3) is 2.20. The van der Waals surface area contributed by atoms with Gasteiger partial charge in [0.2, 0.25) is 0 Å². The molecular formula is C13H13BrN2O3. The Morgan fingerprint density at radius 1 is 1.37 bits per heavy atom. The van der Waals surface area contributed by atoms with Crippen molar-refractivity contribution >= 4 is 22.0 Å². The summed E-state index contributed by atoms with van der Waals surface area (Å²) in [6.07, 6.45) is -1.18. The van der Waals surface area contributed by atoms with Crippen LogP contribution in [0.15, 0.2) is 24.3 Å². The molecule has 0 unspecified atom stereocenters. The molecule has 1 aliphatic heterocycles. The highest BCUT2D eigenvalue weighted by Crippen LogP contribution is 2.43. The number of hydrogen-bond acceptors (Lipinski definition) is 4. The molecular weight excluding hydrogens is 312 g/mol. The Labute approximate surface area is 119 Å². The van der Waals surface area contributed by atoms with Gasteiger partial charge < -0.3 is 9.47 Å². The highest BCUT2D eigenvalue weighted by molar-refractivity contribution is 9.09. The van der Waals surface area contributed by atoms with Gasteiger partial charge in [0.1, 0.15) is 0 Å². The van der Waals surface area contributed by atoms with Crippen molar-refractivity contribution in [1.82, 2.24) is 4.90 Å². The monoisotopic (exact) mass is 324 g/mol. The molecule has 0 spiro atoms. The van der Waals surface area contributed by atoms with Gasteiger partial charge in [0, 0.05) is 7.11 Å². The summed E-state index contributed by atoms with van der Waals surface area (Å²) in [6, 6.07) is 8.89. The molecule has 0 bridgehead atoms. The number of ether oxygens (including phenoxy) is 2. The van der Waals surface area contributed by atoms with Crippen LogP contribution in [0.4, 0.5) is 4.79 Å². The molecule has 1 aromatic carbocycles. The zero-order valence-corrected chi connectivity index (χ0v) is 12.1. The minimum Gasteiger partial charge on any atom is -0.453 e. The molecule has 1 aliphatic rings. The highest BCUT2D eigenvalue weighted by atomic mass is 79.9. The predicted octanol–water partition coefficient (Wildman–Crippen LogP) is 2.74. The van der Waals surface area contributed by atoms with Crippen molar-refractivity contribution in [3.63, 3.8) is 0 Å². The van der Waals surface area contributed by atoms with Crippen molar-refractivity contribution in [2.45, 2.75) is 17.1 Å². The minimum atomic E-state index is -0.720. The number of halogens is 1. The Hall–Kier alpha value is -1.58. The maximum Gasteiger partial charge on any atom is 0.412 e. The Balaban J connectivity index is 2.56. The Morgan fingerprint density at radius 2 is 2.00 bits per heavy atom. The number of nitriles is 1. The molecule has 0 radical (unpaired) electrons. The predicted molar refractivity (Wildman–Crippen MR) is 71.5 cm³/mol. The normalized spacial score (nSPS) is 25.4. The first-order valence-electron chi connectivity index (χ1n) is 5.67. The summed E-state index contributed by atoms with van der Waals surface area (Å²) in [5, 5.41) is 9.38. The average molecular weight is 325 g/mol. The maximum absolute atomic E-state index is 11.9. The van der Waals surface area contributed by atoms with Gasteiger partial charge in [-0.05, 0) is 11.1 Å². The van der Waals surface area contributed by atoms with Crippen molar-refractivity contribution in [2.24, 2.45) is 0 Å². The van der Waals surface area contributed by atoms with E-state index in [1.807, 2.05) is 24.3 Å². The van der Waals surface area contributed by atoms with Crippen molar-refractivity contribution in [2.75, 3.05) is 14.2 Å². The van der Waals surface area contributed by atoms with E-state index in [0.29, 0.717) is 0 Å². The van der Waals surface area contributed by atoms with Crippen molar-refractivity contribution in [1.29, 1.82) is 5.26 Å². The van der Waals surface area contributed by atoms with E-state index in [-0.39, 0.29) is 4.83 Å². The molecule has 3 atom stereocenters. The zero-order chi connectivity index (χ0) is 14.0. The third-order valence-corrected chi connectivity index (χ3v) is 4.09. The fourth-order valence-corrected chi connectivity index (χ4v) is 3.17.